The fraction of sp³-hybridized carbons (Fsp3) is 0.778. The lowest BCUT2D eigenvalue weighted by atomic mass is 10.1. The molecule has 0 fully saturated rings. The Hall–Kier alpha value is -1.12. The minimum absolute atomic E-state index is 0.487. The van der Waals surface area contributed by atoms with E-state index in [1.54, 1.807) is 0 Å². The van der Waals surface area contributed by atoms with Gasteiger partial charge in [0.05, 0.1) is 0 Å². The maximum Gasteiger partial charge on any atom is 0.405 e. The Morgan fingerprint density at radius 1 is 1.33 bits per heavy atom. The van der Waals surface area contributed by atoms with Gasteiger partial charge in [0.25, 0.3) is 0 Å². The van der Waals surface area contributed by atoms with E-state index in [9.17, 15) is 27.0 Å². The molecular formula is C9H14F3NO4S. The Bertz CT molecular complexity index is 343. The third-order valence-corrected chi connectivity index (χ3v) is 3.75. The number of carboxylic acid groups (broad SMARTS) is 1. The second-order valence-corrected chi connectivity index (χ2v) is 5.48. The molecular weight excluding hydrogens is 275 g/mol. The molecule has 0 aliphatic carbocycles. The number of carboxylic acids is 1. The molecule has 2 N–H and O–H groups in total. The molecule has 0 aliphatic rings. The Morgan fingerprint density at radius 2 is 1.83 bits per heavy atom. The first-order valence-corrected chi connectivity index (χ1v) is 6.36. The number of nitrogens with one attached hydrogen (secondary N) is 1. The molecule has 0 rings (SSSR count). The molecule has 0 heterocycles. The number of carbonyl (C=O) groups is 2. The van der Waals surface area contributed by atoms with Crippen LogP contribution < -0.4 is 5.32 Å². The number of rotatable bonds is 6. The quantitative estimate of drug-likeness (QED) is 0.747. The summed E-state index contributed by atoms with van der Waals surface area (Å²) in [6.07, 6.45) is -4.55. The van der Waals surface area contributed by atoms with Crippen molar-refractivity contribution in [3.05, 3.63) is 0 Å². The van der Waals surface area contributed by atoms with Crippen LogP contribution in [0.3, 0.4) is 0 Å². The third kappa shape index (κ3) is 6.58. The van der Waals surface area contributed by atoms with Crippen LogP contribution in [0.15, 0.2) is 0 Å². The van der Waals surface area contributed by atoms with Crippen molar-refractivity contribution in [2.45, 2.75) is 25.3 Å². The molecule has 2 unspecified atom stereocenters. The predicted molar refractivity (Wildman–Crippen MR) is 58.3 cm³/mol. The highest BCUT2D eigenvalue weighted by molar-refractivity contribution is 7.87. The molecule has 0 aromatic rings. The summed E-state index contributed by atoms with van der Waals surface area (Å²) in [5.41, 5.74) is 0. The number of carbonyl (C=O) groups excluding carboxylic acids is 1. The van der Waals surface area contributed by atoms with Crippen molar-refractivity contribution in [2.24, 2.45) is 5.92 Å². The average molecular weight is 289 g/mol. The van der Waals surface area contributed by atoms with Crippen molar-refractivity contribution in [3.8, 4) is 0 Å². The van der Waals surface area contributed by atoms with E-state index in [0.717, 1.165) is 0 Å². The van der Waals surface area contributed by atoms with E-state index >= 15 is 0 Å². The van der Waals surface area contributed by atoms with E-state index in [-0.39, 0.29) is 0 Å². The Kier molecular flexibility index (Phi) is 6.30. The molecule has 0 spiro atoms. The lowest BCUT2D eigenvalue weighted by molar-refractivity contribution is -0.137. The van der Waals surface area contributed by atoms with Crippen LogP contribution >= 0.6 is 0 Å². The highest BCUT2D eigenvalue weighted by Gasteiger charge is 2.31. The standard InChI is InChI=1S/C9H14F3NO4S/c1-5(2)7(8(15)16)18(17)3-6(14)13-4-9(10,11)12/h5,7H,3-4H2,1-2H3,(H,13,14)(H,15,16). The van der Waals surface area contributed by atoms with E-state index in [1.165, 1.54) is 19.2 Å². The van der Waals surface area contributed by atoms with Gasteiger partial charge in [0.1, 0.15) is 17.5 Å². The molecule has 2 atom stereocenters. The zero-order valence-corrected chi connectivity index (χ0v) is 10.6. The maximum atomic E-state index is 11.8. The van der Waals surface area contributed by atoms with Crippen molar-refractivity contribution in [1.29, 1.82) is 0 Å². The van der Waals surface area contributed by atoms with Crippen LogP contribution in [0.1, 0.15) is 13.8 Å². The maximum absolute atomic E-state index is 11.8. The van der Waals surface area contributed by atoms with Gasteiger partial charge in [-0.3, -0.25) is 13.8 Å². The first-order valence-electron chi connectivity index (χ1n) is 4.98. The summed E-state index contributed by atoms with van der Waals surface area (Å²) in [4.78, 5) is 21.8. The summed E-state index contributed by atoms with van der Waals surface area (Å²) in [6.45, 7) is 1.48. The van der Waals surface area contributed by atoms with Crippen molar-refractivity contribution < 1.29 is 32.1 Å². The minimum Gasteiger partial charge on any atom is -0.480 e. The van der Waals surface area contributed by atoms with Gasteiger partial charge in [-0.1, -0.05) is 13.8 Å². The number of aliphatic carboxylic acids is 1. The molecule has 0 saturated carbocycles. The molecule has 0 bridgehead atoms. The van der Waals surface area contributed by atoms with Crippen molar-refractivity contribution in [2.75, 3.05) is 12.3 Å². The average Bonchev–Trinajstić information content (AvgIpc) is 2.11. The van der Waals surface area contributed by atoms with Crippen LogP contribution in [-0.4, -0.2) is 44.9 Å². The lowest BCUT2D eigenvalue weighted by Gasteiger charge is -2.15. The fourth-order valence-corrected chi connectivity index (χ4v) is 2.54. The number of hydrogen-bond donors (Lipinski definition) is 2. The molecule has 0 radical (unpaired) electrons. The number of halogens is 3. The zero-order valence-electron chi connectivity index (χ0n) is 9.78. The zero-order chi connectivity index (χ0) is 14.5. The van der Waals surface area contributed by atoms with E-state index in [0.29, 0.717) is 0 Å². The molecule has 9 heteroatoms. The molecule has 106 valence electrons. The Morgan fingerprint density at radius 3 is 2.17 bits per heavy atom. The summed E-state index contributed by atoms with van der Waals surface area (Å²) >= 11 is 0. The van der Waals surface area contributed by atoms with Gasteiger partial charge < -0.3 is 10.4 Å². The SMILES string of the molecule is CC(C)C(C(=O)O)S(=O)CC(=O)NCC(F)(F)F. The van der Waals surface area contributed by atoms with Crippen molar-refractivity contribution in [1.82, 2.24) is 5.32 Å². The highest BCUT2D eigenvalue weighted by Crippen LogP contribution is 2.13. The highest BCUT2D eigenvalue weighted by atomic mass is 32.2. The second kappa shape index (κ2) is 6.72. The van der Waals surface area contributed by atoms with Crippen LogP contribution in [0.4, 0.5) is 13.2 Å². The van der Waals surface area contributed by atoms with Crippen LogP contribution in [0.5, 0.6) is 0 Å². The van der Waals surface area contributed by atoms with Crippen molar-refractivity contribution in [3.63, 3.8) is 0 Å². The fourth-order valence-electron chi connectivity index (χ4n) is 1.17. The number of amides is 1. The van der Waals surface area contributed by atoms with Crippen LogP contribution in [0, 0.1) is 5.92 Å². The van der Waals surface area contributed by atoms with Crippen LogP contribution in [-0.2, 0) is 20.4 Å². The molecule has 0 aromatic heterocycles. The summed E-state index contributed by atoms with van der Waals surface area (Å²) in [5.74, 6) is -3.67. The van der Waals surface area contributed by atoms with Gasteiger partial charge in [-0.25, -0.2) is 0 Å². The largest absolute Gasteiger partial charge is 0.480 e. The normalized spacial score (nSPS) is 15.2. The minimum atomic E-state index is -4.55. The monoisotopic (exact) mass is 289 g/mol. The molecule has 0 aromatic carbocycles. The van der Waals surface area contributed by atoms with Crippen molar-refractivity contribution >= 4 is 22.7 Å². The molecule has 0 saturated heterocycles. The van der Waals surface area contributed by atoms with E-state index in [1.807, 2.05) is 0 Å². The van der Waals surface area contributed by atoms with Crippen LogP contribution in [0.25, 0.3) is 0 Å². The molecule has 18 heavy (non-hydrogen) atoms. The van der Waals surface area contributed by atoms with E-state index in [4.69, 9.17) is 5.11 Å². The first kappa shape index (κ1) is 16.9. The summed E-state index contributed by atoms with van der Waals surface area (Å²) in [6, 6.07) is 0. The van der Waals surface area contributed by atoms with Gasteiger partial charge in [0.2, 0.25) is 5.91 Å². The Balaban J connectivity index is 4.38. The van der Waals surface area contributed by atoms with E-state index in [2.05, 4.69) is 0 Å². The lowest BCUT2D eigenvalue weighted by Crippen LogP contribution is -2.40. The molecule has 5 nitrogen and oxygen atoms in total. The summed E-state index contributed by atoms with van der Waals surface area (Å²) < 4.78 is 46.9. The topological polar surface area (TPSA) is 83.5 Å². The second-order valence-electron chi connectivity index (χ2n) is 3.92. The number of alkyl halides is 3. The molecule has 0 aliphatic heterocycles. The van der Waals surface area contributed by atoms with Gasteiger partial charge in [-0.05, 0) is 5.92 Å². The van der Waals surface area contributed by atoms with Gasteiger partial charge in [0.15, 0.2) is 0 Å². The number of hydrogen-bond acceptors (Lipinski definition) is 3. The molecule has 1 amide bonds. The van der Waals surface area contributed by atoms with Gasteiger partial charge >= 0.3 is 12.1 Å². The Labute approximate surface area is 104 Å². The van der Waals surface area contributed by atoms with Gasteiger partial charge in [-0.2, -0.15) is 13.2 Å². The first-order chi connectivity index (χ1) is 8.04. The van der Waals surface area contributed by atoms with Crippen LogP contribution in [0.2, 0.25) is 0 Å². The van der Waals surface area contributed by atoms with Gasteiger partial charge in [0, 0.05) is 10.8 Å². The third-order valence-electron chi connectivity index (χ3n) is 1.89. The van der Waals surface area contributed by atoms with E-state index < -0.39 is 52.3 Å². The van der Waals surface area contributed by atoms with Gasteiger partial charge in [-0.15, -0.1) is 0 Å². The smallest absolute Gasteiger partial charge is 0.405 e. The predicted octanol–water partition coefficient (Wildman–Crippen LogP) is 0.523. The summed E-state index contributed by atoms with van der Waals surface area (Å²) in [5, 5.41) is 9.04. The summed E-state index contributed by atoms with van der Waals surface area (Å²) in [7, 11) is -2.06.